The second kappa shape index (κ2) is 10.3. The van der Waals surface area contributed by atoms with Gasteiger partial charge in [-0.3, -0.25) is 0 Å². The number of hydrogen-bond donors (Lipinski definition) is 1. The Morgan fingerprint density at radius 2 is 1.74 bits per heavy atom. The minimum atomic E-state index is 0.189. The second-order valence-corrected chi connectivity index (χ2v) is 6.20. The van der Waals surface area contributed by atoms with Crippen molar-refractivity contribution >= 4 is 11.3 Å². The Labute approximate surface area is 122 Å². The van der Waals surface area contributed by atoms with Crippen molar-refractivity contribution in [3.63, 3.8) is 0 Å². The molecule has 2 N–H and O–H groups in total. The number of methoxy groups -OCH3 is 1. The summed E-state index contributed by atoms with van der Waals surface area (Å²) in [6.07, 6.45) is 12.0. The highest BCUT2D eigenvalue weighted by Gasteiger charge is 2.08. The number of unbranched alkanes of at least 4 members (excludes halogenated alkanes) is 7. The molecule has 2 nitrogen and oxygen atoms in total. The number of rotatable bonds is 11. The zero-order valence-electron chi connectivity index (χ0n) is 12.5. The molecule has 0 spiro atoms. The van der Waals surface area contributed by atoms with Gasteiger partial charge in [0, 0.05) is 16.3 Å². The molecule has 110 valence electrons. The van der Waals surface area contributed by atoms with E-state index in [0.29, 0.717) is 0 Å². The molecular formula is C16H29NOS. The molecule has 1 aromatic rings. The second-order valence-electron chi connectivity index (χ2n) is 5.26. The Morgan fingerprint density at radius 3 is 2.32 bits per heavy atom. The van der Waals surface area contributed by atoms with Gasteiger partial charge in [-0.05, 0) is 12.5 Å². The van der Waals surface area contributed by atoms with E-state index in [-0.39, 0.29) is 6.04 Å². The van der Waals surface area contributed by atoms with E-state index < -0.39 is 0 Å². The van der Waals surface area contributed by atoms with Crippen molar-refractivity contribution in [2.75, 3.05) is 7.11 Å². The summed E-state index contributed by atoms with van der Waals surface area (Å²) in [5, 5.41) is 2.03. The average Bonchev–Trinajstić information content (AvgIpc) is 2.90. The fraction of sp³-hybridized carbons (Fsp3) is 0.750. The van der Waals surface area contributed by atoms with Gasteiger partial charge in [-0.1, -0.05) is 58.3 Å². The van der Waals surface area contributed by atoms with Crippen LogP contribution in [0.1, 0.15) is 75.6 Å². The van der Waals surface area contributed by atoms with Gasteiger partial charge < -0.3 is 10.5 Å². The molecule has 0 aliphatic rings. The molecule has 3 heteroatoms. The third kappa shape index (κ3) is 6.98. The van der Waals surface area contributed by atoms with E-state index in [1.807, 2.05) is 5.38 Å². The third-order valence-corrected chi connectivity index (χ3v) is 4.61. The summed E-state index contributed by atoms with van der Waals surface area (Å²) >= 11 is 1.71. The number of nitrogens with two attached hydrogens (primary N) is 1. The molecule has 0 amide bonds. The summed E-state index contributed by atoms with van der Waals surface area (Å²) in [6.45, 7) is 2.26. The molecule has 0 aromatic carbocycles. The Balaban J connectivity index is 2.02. The lowest BCUT2D eigenvalue weighted by Gasteiger charge is -2.09. The summed E-state index contributed by atoms with van der Waals surface area (Å²) in [6, 6.07) is 2.26. The fourth-order valence-corrected chi connectivity index (χ4v) is 3.17. The normalized spacial score (nSPS) is 12.6. The molecule has 0 aliphatic carbocycles. The zero-order chi connectivity index (χ0) is 13.9. The number of thiophene rings is 1. The van der Waals surface area contributed by atoms with Crippen molar-refractivity contribution in [3.05, 3.63) is 16.3 Å². The molecule has 0 bridgehead atoms. The Hall–Kier alpha value is -0.540. The van der Waals surface area contributed by atoms with Crippen LogP contribution in [0.4, 0.5) is 0 Å². The Bertz CT molecular complexity index is 324. The van der Waals surface area contributed by atoms with Crippen molar-refractivity contribution in [2.45, 2.75) is 70.8 Å². The summed E-state index contributed by atoms with van der Waals surface area (Å²) in [5.74, 6) is 0.936. The van der Waals surface area contributed by atoms with Gasteiger partial charge in [0.25, 0.3) is 0 Å². The van der Waals surface area contributed by atoms with E-state index in [1.54, 1.807) is 18.4 Å². The highest BCUT2D eigenvalue weighted by atomic mass is 32.1. The topological polar surface area (TPSA) is 35.2 Å². The van der Waals surface area contributed by atoms with E-state index in [0.717, 1.165) is 12.2 Å². The highest BCUT2D eigenvalue weighted by molar-refractivity contribution is 7.10. The van der Waals surface area contributed by atoms with Gasteiger partial charge in [0.2, 0.25) is 0 Å². The van der Waals surface area contributed by atoms with Crippen LogP contribution in [0.15, 0.2) is 11.4 Å². The maximum Gasteiger partial charge on any atom is 0.129 e. The molecule has 0 fully saturated rings. The van der Waals surface area contributed by atoms with Crippen molar-refractivity contribution < 1.29 is 4.74 Å². The van der Waals surface area contributed by atoms with Gasteiger partial charge in [0.15, 0.2) is 0 Å². The van der Waals surface area contributed by atoms with Crippen LogP contribution < -0.4 is 10.5 Å². The smallest absolute Gasteiger partial charge is 0.129 e. The van der Waals surface area contributed by atoms with Crippen LogP contribution in [0.5, 0.6) is 5.75 Å². The largest absolute Gasteiger partial charge is 0.496 e. The maximum absolute atomic E-state index is 6.20. The Morgan fingerprint density at radius 1 is 1.11 bits per heavy atom. The molecule has 1 heterocycles. The Kier molecular flexibility index (Phi) is 8.93. The SMILES string of the molecule is CCCCCCCCCCC(N)c1cc(OC)cs1. The third-order valence-electron chi connectivity index (χ3n) is 3.57. The molecule has 1 unspecified atom stereocenters. The van der Waals surface area contributed by atoms with Gasteiger partial charge in [-0.15, -0.1) is 11.3 Å². The van der Waals surface area contributed by atoms with Gasteiger partial charge in [0.1, 0.15) is 5.75 Å². The van der Waals surface area contributed by atoms with E-state index >= 15 is 0 Å². The molecule has 0 saturated carbocycles. The summed E-state index contributed by atoms with van der Waals surface area (Å²) in [4.78, 5) is 1.25. The molecule has 1 atom stereocenters. The lowest BCUT2D eigenvalue weighted by atomic mass is 10.0. The summed E-state index contributed by atoms with van der Waals surface area (Å²) in [7, 11) is 1.70. The highest BCUT2D eigenvalue weighted by Crippen LogP contribution is 2.28. The predicted molar refractivity (Wildman–Crippen MR) is 85.0 cm³/mol. The van der Waals surface area contributed by atoms with Crippen LogP contribution in [0, 0.1) is 0 Å². The number of ether oxygens (including phenoxy) is 1. The molecule has 0 saturated heterocycles. The predicted octanol–water partition coefficient (Wildman–Crippen LogP) is 5.29. The van der Waals surface area contributed by atoms with Crippen LogP contribution in [0.2, 0.25) is 0 Å². The molecule has 1 rings (SSSR count). The first-order valence-corrected chi connectivity index (χ1v) is 8.54. The van der Waals surface area contributed by atoms with Crippen molar-refractivity contribution in [3.8, 4) is 5.75 Å². The monoisotopic (exact) mass is 283 g/mol. The first-order chi connectivity index (χ1) is 9.27. The van der Waals surface area contributed by atoms with Crippen molar-refractivity contribution in [2.24, 2.45) is 5.73 Å². The van der Waals surface area contributed by atoms with Gasteiger partial charge in [-0.25, -0.2) is 0 Å². The molecule has 0 radical (unpaired) electrons. The first kappa shape index (κ1) is 16.5. The van der Waals surface area contributed by atoms with Crippen LogP contribution in [0.3, 0.4) is 0 Å². The van der Waals surface area contributed by atoms with Crippen molar-refractivity contribution in [1.82, 2.24) is 0 Å². The maximum atomic E-state index is 6.20. The lowest BCUT2D eigenvalue weighted by molar-refractivity contribution is 0.416. The van der Waals surface area contributed by atoms with E-state index in [1.165, 1.54) is 56.2 Å². The fourth-order valence-electron chi connectivity index (χ4n) is 2.28. The summed E-state index contributed by atoms with van der Waals surface area (Å²) < 4.78 is 5.19. The van der Waals surface area contributed by atoms with E-state index in [4.69, 9.17) is 10.5 Å². The standard InChI is InChI=1S/C16H29NOS/c1-3-4-5-6-7-8-9-10-11-15(17)16-12-14(18-2)13-19-16/h12-13,15H,3-11,17H2,1-2H3. The average molecular weight is 283 g/mol. The molecule has 1 aromatic heterocycles. The van der Waals surface area contributed by atoms with Crippen LogP contribution in [0.25, 0.3) is 0 Å². The van der Waals surface area contributed by atoms with Crippen LogP contribution in [-0.4, -0.2) is 7.11 Å². The first-order valence-electron chi connectivity index (χ1n) is 7.66. The van der Waals surface area contributed by atoms with Crippen molar-refractivity contribution in [1.29, 1.82) is 0 Å². The van der Waals surface area contributed by atoms with Gasteiger partial charge in [0.05, 0.1) is 7.11 Å². The minimum absolute atomic E-state index is 0.189. The van der Waals surface area contributed by atoms with Gasteiger partial charge >= 0.3 is 0 Å². The quantitative estimate of drug-likeness (QED) is 0.560. The summed E-state index contributed by atoms with van der Waals surface area (Å²) in [5.41, 5.74) is 6.20. The van der Waals surface area contributed by atoms with Crippen LogP contribution >= 0.6 is 11.3 Å². The van der Waals surface area contributed by atoms with E-state index in [9.17, 15) is 0 Å². The van der Waals surface area contributed by atoms with E-state index in [2.05, 4.69) is 13.0 Å². The van der Waals surface area contributed by atoms with Crippen LogP contribution in [-0.2, 0) is 0 Å². The zero-order valence-corrected chi connectivity index (χ0v) is 13.3. The van der Waals surface area contributed by atoms with Gasteiger partial charge in [-0.2, -0.15) is 0 Å². The molecule has 19 heavy (non-hydrogen) atoms. The molecule has 0 aliphatic heterocycles. The lowest BCUT2D eigenvalue weighted by Crippen LogP contribution is -2.08. The molecular weight excluding hydrogens is 254 g/mol. The minimum Gasteiger partial charge on any atom is -0.496 e. The number of hydrogen-bond acceptors (Lipinski definition) is 3.